The Kier molecular flexibility index (Phi) is 6.36. The van der Waals surface area contributed by atoms with Gasteiger partial charge in [0.2, 0.25) is 0 Å². The van der Waals surface area contributed by atoms with Crippen molar-refractivity contribution >= 4 is 11.9 Å². The standard InChI is InChI=1S/C20H28N4O3/c1-12(2)23(13(3)4)18(25)11-27-20(26)19-16(7)21-24(22-19)17-9-8-14(5)10-15(17)6/h8-10,12-13H,11H2,1-7H3. The molecule has 7 nitrogen and oxygen atoms in total. The number of esters is 1. The Hall–Kier alpha value is -2.70. The molecular weight excluding hydrogens is 344 g/mol. The Morgan fingerprint density at radius 1 is 1.07 bits per heavy atom. The summed E-state index contributed by atoms with van der Waals surface area (Å²) in [5, 5.41) is 8.59. The van der Waals surface area contributed by atoms with Gasteiger partial charge in [0.1, 0.15) is 0 Å². The van der Waals surface area contributed by atoms with Crippen LogP contribution in [0.25, 0.3) is 5.69 Å². The summed E-state index contributed by atoms with van der Waals surface area (Å²) < 4.78 is 5.20. The van der Waals surface area contributed by atoms with Crippen LogP contribution in [0.3, 0.4) is 0 Å². The summed E-state index contributed by atoms with van der Waals surface area (Å²) in [4.78, 5) is 27.9. The first-order valence-corrected chi connectivity index (χ1v) is 9.11. The van der Waals surface area contributed by atoms with Gasteiger partial charge in [0, 0.05) is 12.1 Å². The minimum Gasteiger partial charge on any atom is -0.451 e. The fraction of sp³-hybridized carbons (Fsp3) is 0.500. The summed E-state index contributed by atoms with van der Waals surface area (Å²) >= 11 is 0. The van der Waals surface area contributed by atoms with Crippen LogP contribution in [0.5, 0.6) is 0 Å². The van der Waals surface area contributed by atoms with Gasteiger partial charge in [-0.05, 0) is 60.1 Å². The van der Waals surface area contributed by atoms with Gasteiger partial charge in [0.05, 0.1) is 11.4 Å². The lowest BCUT2D eigenvalue weighted by Gasteiger charge is -2.30. The van der Waals surface area contributed by atoms with E-state index in [1.807, 2.05) is 59.7 Å². The molecule has 2 aromatic rings. The molecule has 0 unspecified atom stereocenters. The number of carbonyl (C=O) groups excluding carboxylic acids is 2. The summed E-state index contributed by atoms with van der Waals surface area (Å²) in [6.07, 6.45) is 0. The number of hydrogen-bond acceptors (Lipinski definition) is 5. The van der Waals surface area contributed by atoms with Crippen molar-refractivity contribution in [2.75, 3.05) is 6.61 Å². The number of amides is 1. The second-order valence-electron chi connectivity index (χ2n) is 7.28. The van der Waals surface area contributed by atoms with E-state index in [9.17, 15) is 9.59 Å². The van der Waals surface area contributed by atoms with Crippen molar-refractivity contribution in [2.24, 2.45) is 0 Å². The first-order valence-electron chi connectivity index (χ1n) is 9.11. The molecule has 0 aliphatic rings. The number of hydrogen-bond donors (Lipinski definition) is 0. The van der Waals surface area contributed by atoms with E-state index in [0.717, 1.165) is 16.8 Å². The Labute approximate surface area is 160 Å². The van der Waals surface area contributed by atoms with Crippen molar-refractivity contribution in [1.82, 2.24) is 19.9 Å². The number of rotatable bonds is 6. The van der Waals surface area contributed by atoms with Crippen LogP contribution in [0, 0.1) is 20.8 Å². The van der Waals surface area contributed by atoms with E-state index in [4.69, 9.17) is 4.74 Å². The summed E-state index contributed by atoms with van der Waals surface area (Å²) in [6, 6.07) is 5.96. The summed E-state index contributed by atoms with van der Waals surface area (Å²) in [5.41, 5.74) is 3.51. The average molecular weight is 372 g/mol. The Bertz CT molecular complexity index is 832. The third kappa shape index (κ3) is 4.72. The van der Waals surface area contributed by atoms with E-state index in [-0.39, 0.29) is 30.3 Å². The highest BCUT2D eigenvalue weighted by atomic mass is 16.5. The molecule has 0 radical (unpaired) electrons. The average Bonchev–Trinajstić information content (AvgIpc) is 2.93. The molecule has 1 heterocycles. The number of carbonyl (C=O) groups is 2. The van der Waals surface area contributed by atoms with Gasteiger partial charge in [-0.15, -0.1) is 5.10 Å². The first kappa shape index (κ1) is 20.6. The fourth-order valence-corrected chi connectivity index (χ4v) is 3.15. The molecule has 0 spiro atoms. The number of aromatic nitrogens is 3. The van der Waals surface area contributed by atoms with E-state index in [1.165, 1.54) is 4.80 Å². The summed E-state index contributed by atoms with van der Waals surface area (Å²) in [6.45, 7) is 13.1. The van der Waals surface area contributed by atoms with E-state index in [0.29, 0.717) is 5.69 Å². The normalized spacial score (nSPS) is 11.1. The predicted octanol–water partition coefficient (Wildman–Crippen LogP) is 2.99. The third-order valence-corrected chi connectivity index (χ3v) is 4.27. The first-order chi connectivity index (χ1) is 12.6. The maximum atomic E-state index is 12.4. The number of nitrogens with zero attached hydrogens (tertiary/aromatic N) is 4. The van der Waals surface area contributed by atoms with Crippen LogP contribution in [-0.2, 0) is 9.53 Å². The predicted molar refractivity (Wildman–Crippen MR) is 103 cm³/mol. The van der Waals surface area contributed by atoms with Crippen LogP contribution in [-0.4, -0.2) is 50.5 Å². The molecule has 1 aromatic heterocycles. The molecule has 0 aliphatic carbocycles. The molecule has 0 bridgehead atoms. The minimum atomic E-state index is -0.649. The molecule has 0 N–H and O–H groups in total. The highest BCUT2D eigenvalue weighted by Gasteiger charge is 2.24. The second kappa shape index (κ2) is 8.33. The van der Waals surface area contributed by atoms with Gasteiger partial charge in [-0.3, -0.25) is 4.79 Å². The highest BCUT2D eigenvalue weighted by molar-refractivity contribution is 5.90. The third-order valence-electron chi connectivity index (χ3n) is 4.27. The zero-order chi connectivity index (χ0) is 20.3. The fourth-order valence-electron chi connectivity index (χ4n) is 3.15. The zero-order valence-corrected chi connectivity index (χ0v) is 17.1. The van der Waals surface area contributed by atoms with E-state index < -0.39 is 5.97 Å². The van der Waals surface area contributed by atoms with Gasteiger partial charge in [0.25, 0.3) is 5.91 Å². The molecule has 0 atom stereocenters. The molecule has 7 heteroatoms. The van der Waals surface area contributed by atoms with Crippen molar-refractivity contribution < 1.29 is 14.3 Å². The van der Waals surface area contributed by atoms with Gasteiger partial charge in [-0.25, -0.2) is 4.79 Å². The molecule has 0 fully saturated rings. The second-order valence-corrected chi connectivity index (χ2v) is 7.28. The van der Waals surface area contributed by atoms with Crippen molar-refractivity contribution in [1.29, 1.82) is 0 Å². The van der Waals surface area contributed by atoms with Crippen LogP contribution in [0.2, 0.25) is 0 Å². The van der Waals surface area contributed by atoms with E-state index >= 15 is 0 Å². The van der Waals surface area contributed by atoms with Gasteiger partial charge in [-0.1, -0.05) is 17.7 Å². The minimum absolute atomic E-state index is 0.0309. The number of aryl methyl sites for hydroxylation is 3. The van der Waals surface area contributed by atoms with Crippen molar-refractivity contribution in [2.45, 2.75) is 60.5 Å². The van der Waals surface area contributed by atoms with E-state index in [2.05, 4.69) is 10.2 Å². The van der Waals surface area contributed by atoms with Crippen LogP contribution < -0.4 is 0 Å². The lowest BCUT2D eigenvalue weighted by Crippen LogP contribution is -2.44. The lowest BCUT2D eigenvalue weighted by molar-refractivity contribution is -0.138. The molecule has 0 saturated heterocycles. The molecule has 1 aromatic carbocycles. The van der Waals surface area contributed by atoms with Crippen LogP contribution in [0.4, 0.5) is 0 Å². The summed E-state index contributed by atoms with van der Waals surface area (Å²) in [5.74, 6) is -0.878. The molecule has 1 amide bonds. The molecule has 2 rings (SSSR count). The maximum absolute atomic E-state index is 12.4. The smallest absolute Gasteiger partial charge is 0.361 e. The van der Waals surface area contributed by atoms with Crippen LogP contribution >= 0.6 is 0 Å². The van der Waals surface area contributed by atoms with Crippen molar-refractivity contribution in [3.05, 3.63) is 40.7 Å². The molecular formula is C20H28N4O3. The molecule has 27 heavy (non-hydrogen) atoms. The topological polar surface area (TPSA) is 77.3 Å². The largest absolute Gasteiger partial charge is 0.451 e. The van der Waals surface area contributed by atoms with E-state index in [1.54, 1.807) is 11.8 Å². The van der Waals surface area contributed by atoms with Crippen LogP contribution in [0.1, 0.15) is 55.0 Å². The highest BCUT2D eigenvalue weighted by Crippen LogP contribution is 2.16. The Morgan fingerprint density at radius 2 is 1.70 bits per heavy atom. The SMILES string of the molecule is Cc1ccc(-n2nc(C)c(C(=O)OCC(=O)N(C(C)C)C(C)C)n2)c(C)c1. The molecule has 146 valence electrons. The summed E-state index contributed by atoms with van der Waals surface area (Å²) in [7, 11) is 0. The lowest BCUT2D eigenvalue weighted by atomic mass is 10.1. The quantitative estimate of drug-likeness (QED) is 0.729. The van der Waals surface area contributed by atoms with Crippen molar-refractivity contribution in [3.63, 3.8) is 0 Å². The zero-order valence-electron chi connectivity index (χ0n) is 17.1. The van der Waals surface area contributed by atoms with Gasteiger partial charge >= 0.3 is 5.97 Å². The molecule has 0 saturated carbocycles. The monoisotopic (exact) mass is 372 g/mol. The Morgan fingerprint density at radius 3 is 2.26 bits per heavy atom. The van der Waals surface area contributed by atoms with Gasteiger partial charge in [0.15, 0.2) is 12.3 Å². The van der Waals surface area contributed by atoms with Crippen LogP contribution in [0.15, 0.2) is 18.2 Å². The number of benzene rings is 1. The van der Waals surface area contributed by atoms with Crippen molar-refractivity contribution in [3.8, 4) is 5.69 Å². The molecule has 0 aliphatic heterocycles. The Balaban J connectivity index is 2.14. The van der Waals surface area contributed by atoms with Gasteiger partial charge < -0.3 is 9.64 Å². The maximum Gasteiger partial charge on any atom is 0.361 e. The number of ether oxygens (including phenoxy) is 1. The van der Waals surface area contributed by atoms with Gasteiger partial charge in [-0.2, -0.15) is 9.90 Å².